The molecule has 1 aromatic heterocycles. The van der Waals surface area contributed by atoms with Gasteiger partial charge in [-0.05, 0) is 55.7 Å². The zero-order valence-electron chi connectivity index (χ0n) is 10.1. The Morgan fingerprint density at radius 1 is 1.41 bits per heavy atom. The molecule has 0 aliphatic heterocycles. The topological polar surface area (TPSA) is 45.4 Å². The first-order chi connectivity index (χ1) is 8.33. The maximum atomic E-state index is 9.86. The Labute approximate surface area is 102 Å². The summed E-state index contributed by atoms with van der Waals surface area (Å²) in [6, 6.07) is 3.64. The normalized spacial score (nSPS) is 33.1. The van der Waals surface area contributed by atoms with Crippen LogP contribution in [0.15, 0.2) is 22.8 Å². The van der Waals surface area contributed by atoms with Crippen molar-refractivity contribution in [2.45, 2.75) is 31.8 Å². The molecule has 2 aliphatic rings. The molecule has 2 aliphatic carbocycles. The molecule has 4 unspecified atom stereocenters. The van der Waals surface area contributed by atoms with Crippen LogP contribution in [0, 0.1) is 17.8 Å². The summed E-state index contributed by atoms with van der Waals surface area (Å²) < 4.78 is 5.18. The fraction of sp³-hybridized carbons (Fsp3) is 0.714. The quantitative estimate of drug-likeness (QED) is 0.823. The molecule has 17 heavy (non-hydrogen) atoms. The molecule has 2 fully saturated rings. The van der Waals surface area contributed by atoms with Crippen LogP contribution in [-0.2, 0) is 0 Å². The summed E-state index contributed by atoms with van der Waals surface area (Å²) in [7, 11) is 0. The maximum Gasteiger partial charge on any atom is 0.133 e. The Bertz CT molecular complexity index is 349. The lowest BCUT2D eigenvalue weighted by atomic mass is 9.89. The highest BCUT2D eigenvalue weighted by molar-refractivity contribution is 5.02. The Hall–Kier alpha value is -0.800. The van der Waals surface area contributed by atoms with Gasteiger partial charge < -0.3 is 14.8 Å². The van der Waals surface area contributed by atoms with E-state index in [4.69, 9.17) is 4.42 Å². The van der Waals surface area contributed by atoms with E-state index in [0.717, 1.165) is 24.3 Å². The zero-order chi connectivity index (χ0) is 11.7. The lowest BCUT2D eigenvalue weighted by Gasteiger charge is -2.22. The van der Waals surface area contributed by atoms with Crippen LogP contribution in [0.3, 0.4) is 0 Å². The summed E-state index contributed by atoms with van der Waals surface area (Å²) in [6.07, 6.45) is 6.83. The van der Waals surface area contributed by atoms with Crippen LogP contribution in [0.5, 0.6) is 0 Å². The van der Waals surface area contributed by atoms with E-state index in [0.29, 0.717) is 12.3 Å². The van der Waals surface area contributed by atoms with E-state index in [-0.39, 0.29) is 0 Å². The monoisotopic (exact) mass is 235 g/mol. The van der Waals surface area contributed by atoms with Crippen LogP contribution in [0.2, 0.25) is 0 Å². The first-order valence-corrected chi connectivity index (χ1v) is 6.75. The predicted octanol–water partition coefficient (Wildman–Crippen LogP) is 2.34. The molecule has 94 valence electrons. The average molecular weight is 235 g/mol. The van der Waals surface area contributed by atoms with Crippen LogP contribution in [0.1, 0.15) is 37.5 Å². The van der Waals surface area contributed by atoms with Gasteiger partial charge in [-0.2, -0.15) is 0 Å². The molecular weight excluding hydrogens is 214 g/mol. The first-order valence-electron chi connectivity index (χ1n) is 6.75. The van der Waals surface area contributed by atoms with Crippen molar-refractivity contribution >= 4 is 0 Å². The van der Waals surface area contributed by atoms with E-state index in [1.54, 1.807) is 6.26 Å². The van der Waals surface area contributed by atoms with Crippen LogP contribution in [-0.4, -0.2) is 18.2 Å². The first kappa shape index (κ1) is 11.3. The number of aliphatic hydroxyl groups is 1. The molecule has 2 saturated carbocycles. The molecule has 1 heterocycles. The standard InChI is InChI=1S/C14H21NO2/c16-13(14-2-1-5-17-14)9-15-8-12-7-10-3-4-11(12)6-10/h1-2,5,10-13,15-16H,3-4,6-9H2. The van der Waals surface area contributed by atoms with Gasteiger partial charge in [0.05, 0.1) is 6.26 Å². The third-order valence-electron chi connectivity index (χ3n) is 4.50. The lowest BCUT2D eigenvalue weighted by molar-refractivity contribution is 0.144. The van der Waals surface area contributed by atoms with Gasteiger partial charge in [0.1, 0.15) is 11.9 Å². The van der Waals surface area contributed by atoms with Crippen molar-refractivity contribution in [1.82, 2.24) is 5.32 Å². The van der Waals surface area contributed by atoms with Crippen molar-refractivity contribution in [2.75, 3.05) is 13.1 Å². The molecular formula is C14H21NO2. The van der Waals surface area contributed by atoms with Crippen molar-refractivity contribution in [3.8, 4) is 0 Å². The van der Waals surface area contributed by atoms with Crippen molar-refractivity contribution in [1.29, 1.82) is 0 Å². The van der Waals surface area contributed by atoms with Crippen LogP contribution < -0.4 is 5.32 Å². The van der Waals surface area contributed by atoms with Gasteiger partial charge in [0.2, 0.25) is 0 Å². The molecule has 3 heteroatoms. The second-order valence-corrected chi connectivity index (χ2v) is 5.62. The van der Waals surface area contributed by atoms with Gasteiger partial charge in [0.15, 0.2) is 0 Å². The summed E-state index contributed by atoms with van der Waals surface area (Å²) in [5.74, 6) is 3.46. The van der Waals surface area contributed by atoms with Gasteiger partial charge in [-0.1, -0.05) is 6.42 Å². The molecule has 0 spiro atoms. The molecule has 3 nitrogen and oxygen atoms in total. The number of nitrogens with one attached hydrogen (secondary N) is 1. The Balaban J connectivity index is 1.41. The van der Waals surface area contributed by atoms with Crippen LogP contribution >= 0.6 is 0 Å². The van der Waals surface area contributed by atoms with E-state index in [2.05, 4.69) is 5.32 Å². The summed E-state index contributed by atoms with van der Waals surface area (Å²) in [6.45, 7) is 1.65. The van der Waals surface area contributed by atoms with E-state index < -0.39 is 6.10 Å². The Kier molecular flexibility index (Phi) is 3.21. The van der Waals surface area contributed by atoms with Crippen molar-refractivity contribution in [3.05, 3.63) is 24.2 Å². The van der Waals surface area contributed by atoms with E-state index in [1.807, 2.05) is 12.1 Å². The number of hydrogen-bond acceptors (Lipinski definition) is 3. The fourth-order valence-corrected chi connectivity index (χ4v) is 3.61. The minimum Gasteiger partial charge on any atom is -0.467 e. The average Bonchev–Trinajstić information content (AvgIpc) is 3.06. The lowest BCUT2D eigenvalue weighted by Crippen LogP contribution is -2.29. The van der Waals surface area contributed by atoms with E-state index >= 15 is 0 Å². The zero-order valence-corrected chi connectivity index (χ0v) is 10.1. The van der Waals surface area contributed by atoms with Gasteiger partial charge in [0.25, 0.3) is 0 Å². The molecule has 2 N–H and O–H groups in total. The SMILES string of the molecule is OC(CNCC1CC2CCC1C2)c1ccco1. The van der Waals surface area contributed by atoms with E-state index in [1.165, 1.54) is 25.7 Å². The number of hydrogen-bond donors (Lipinski definition) is 2. The number of rotatable bonds is 5. The smallest absolute Gasteiger partial charge is 0.133 e. The highest BCUT2D eigenvalue weighted by atomic mass is 16.4. The summed E-state index contributed by atoms with van der Waals surface area (Å²) >= 11 is 0. The van der Waals surface area contributed by atoms with Gasteiger partial charge in [0, 0.05) is 6.54 Å². The second kappa shape index (κ2) is 4.83. The third-order valence-corrected chi connectivity index (χ3v) is 4.50. The molecule has 1 aromatic rings. The highest BCUT2D eigenvalue weighted by Crippen LogP contribution is 2.47. The maximum absolute atomic E-state index is 9.86. The summed E-state index contributed by atoms with van der Waals surface area (Å²) in [4.78, 5) is 0. The predicted molar refractivity (Wildman–Crippen MR) is 65.5 cm³/mol. The number of furan rings is 1. The second-order valence-electron chi connectivity index (χ2n) is 5.62. The van der Waals surface area contributed by atoms with Crippen molar-refractivity contribution in [2.24, 2.45) is 17.8 Å². The minimum absolute atomic E-state index is 0.511. The van der Waals surface area contributed by atoms with Gasteiger partial charge in [-0.3, -0.25) is 0 Å². The van der Waals surface area contributed by atoms with E-state index in [9.17, 15) is 5.11 Å². The van der Waals surface area contributed by atoms with Crippen LogP contribution in [0.25, 0.3) is 0 Å². The summed E-state index contributed by atoms with van der Waals surface area (Å²) in [5, 5.41) is 13.2. The van der Waals surface area contributed by atoms with Crippen molar-refractivity contribution < 1.29 is 9.52 Å². The minimum atomic E-state index is -0.511. The van der Waals surface area contributed by atoms with Crippen molar-refractivity contribution in [3.63, 3.8) is 0 Å². The number of fused-ring (bicyclic) bond motifs is 2. The molecule has 4 atom stereocenters. The van der Waals surface area contributed by atoms with Gasteiger partial charge >= 0.3 is 0 Å². The molecule has 0 amide bonds. The highest BCUT2D eigenvalue weighted by Gasteiger charge is 2.38. The van der Waals surface area contributed by atoms with Gasteiger partial charge in [-0.15, -0.1) is 0 Å². The molecule has 0 radical (unpaired) electrons. The Morgan fingerprint density at radius 2 is 2.35 bits per heavy atom. The van der Waals surface area contributed by atoms with Crippen LogP contribution in [0.4, 0.5) is 0 Å². The molecule has 2 bridgehead atoms. The van der Waals surface area contributed by atoms with Gasteiger partial charge in [-0.25, -0.2) is 0 Å². The molecule has 0 saturated heterocycles. The summed E-state index contributed by atoms with van der Waals surface area (Å²) in [5.41, 5.74) is 0. The largest absolute Gasteiger partial charge is 0.467 e. The number of aliphatic hydroxyl groups excluding tert-OH is 1. The third kappa shape index (κ3) is 2.40. The molecule has 3 rings (SSSR count). The fourth-order valence-electron chi connectivity index (χ4n) is 3.61. The molecule has 0 aromatic carbocycles. The Morgan fingerprint density at radius 3 is 3.00 bits per heavy atom.